The molecule has 0 saturated heterocycles. The monoisotopic (exact) mass is 264 g/mol. The van der Waals surface area contributed by atoms with Crippen molar-refractivity contribution in [3.05, 3.63) is 35.1 Å². The van der Waals surface area contributed by atoms with E-state index in [-0.39, 0.29) is 16.6 Å². The largest absolute Gasteiger partial charge is 0.366 e. The molecule has 3 nitrogen and oxygen atoms in total. The smallest absolute Gasteiger partial charge is 0.248 e. The van der Waals surface area contributed by atoms with E-state index in [1.807, 2.05) is 0 Å². The third kappa shape index (κ3) is 2.25. The number of nitrogens with two attached hydrogens (primary N) is 1. The normalized spacial score (nSPS) is 20.3. The van der Waals surface area contributed by atoms with Gasteiger partial charge in [-0.25, -0.2) is 4.39 Å². The molecule has 1 amide bonds. The molecule has 2 rings (SSSR count). The third-order valence-corrected chi connectivity index (χ3v) is 4.85. The Morgan fingerprint density at radius 1 is 1.32 bits per heavy atom. The van der Waals surface area contributed by atoms with Crippen LogP contribution < -0.4 is 11.1 Å². The Morgan fingerprint density at radius 2 is 1.89 bits per heavy atom. The van der Waals surface area contributed by atoms with Crippen LogP contribution in [0.15, 0.2) is 18.2 Å². The molecule has 104 valence electrons. The summed E-state index contributed by atoms with van der Waals surface area (Å²) in [4.78, 5) is 11.1. The maximum Gasteiger partial charge on any atom is 0.248 e. The van der Waals surface area contributed by atoms with Crippen molar-refractivity contribution in [1.29, 1.82) is 0 Å². The van der Waals surface area contributed by atoms with Gasteiger partial charge in [0.15, 0.2) is 0 Å². The van der Waals surface area contributed by atoms with E-state index in [2.05, 4.69) is 33.0 Å². The summed E-state index contributed by atoms with van der Waals surface area (Å²) in [5.74, 6) is -0.845. The van der Waals surface area contributed by atoms with Crippen molar-refractivity contribution in [2.75, 3.05) is 0 Å². The number of hydrogen-bond acceptors (Lipinski definition) is 2. The number of carbonyl (C=O) groups excluding carboxylic acids is 1. The number of primary amides is 1. The molecule has 1 saturated carbocycles. The second-order valence-electron chi connectivity index (χ2n) is 6.43. The molecule has 0 spiro atoms. The van der Waals surface area contributed by atoms with Crippen LogP contribution in [0.1, 0.15) is 43.6 Å². The molecule has 1 aliphatic carbocycles. The Hall–Kier alpha value is -1.42. The van der Waals surface area contributed by atoms with Gasteiger partial charge in [-0.1, -0.05) is 27.7 Å². The number of amides is 1. The molecule has 0 aromatic heterocycles. The summed E-state index contributed by atoms with van der Waals surface area (Å²) in [6, 6.07) is 4.57. The topological polar surface area (TPSA) is 55.1 Å². The average molecular weight is 264 g/mol. The fourth-order valence-corrected chi connectivity index (χ4v) is 2.78. The predicted molar refractivity (Wildman–Crippen MR) is 73.1 cm³/mol. The maximum absolute atomic E-state index is 13.7. The summed E-state index contributed by atoms with van der Waals surface area (Å²) >= 11 is 0. The van der Waals surface area contributed by atoms with E-state index in [1.165, 1.54) is 18.2 Å². The quantitative estimate of drug-likeness (QED) is 0.877. The number of rotatable bonds is 4. The summed E-state index contributed by atoms with van der Waals surface area (Å²) in [5, 5.41) is 3.37. The minimum atomic E-state index is -0.534. The molecule has 0 heterocycles. The Morgan fingerprint density at radius 3 is 2.37 bits per heavy atom. The van der Waals surface area contributed by atoms with E-state index in [0.717, 1.165) is 0 Å². The van der Waals surface area contributed by atoms with E-state index in [1.54, 1.807) is 0 Å². The van der Waals surface area contributed by atoms with Crippen LogP contribution in [0.3, 0.4) is 0 Å². The standard InChI is InChI=1S/C15H21FN2O/c1-14(2)13(15(14,3)4)18-8-10-7-9(12(17)19)5-6-11(10)16/h5-7,13,18H,8H2,1-4H3,(H2,17,19). The van der Waals surface area contributed by atoms with E-state index in [4.69, 9.17) is 5.73 Å². The summed E-state index contributed by atoms with van der Waals surface area (Å²) in [7, 11) is 0. The van der Waals surface area contributed by atoms with Crippen molar-refractivity contribution in [3.63, 3.8) is 0 Å². The molecule has 0 aliphatic heterocycles. The first-order chi connectivity index (χ1) is 8.68. The molecule has 3 N–H and O–H groups in total. The summed E-state index contributed by atoms with van der Waals surface area (Å²) in [6.45, 7) is 9.19. The van der Waals surface area contributed by atoms with Gasteiger partial charge in [-0.2, -0.15) is 0 Å². The molecule has 1 aromatic carbocycles. The van der Waals surface area contributed by atoms with Crippen LogP contribution in [-0.2, 0) is 6.54 Å². The number of halogens is 1. The highest BCUT2D eigenvalue weighted by molar-refractivity contribution is 5.92. The van der Waals surface area contributed by atoms with Crippen LogP contribution in [0.2, 0.25) is 0 Å². The van der Waals surface area contributed by atoms with E-state index >= 15 is 0 Å². The van der Waals surface area contributed by atoms with Crippen molar-refractivity contribution < 1.29 is 9.18 Å². The van der Waals surface area contributed by atoms with Gasteiger partial charge in [0.05, 0.1) is 0 Å². The van der Waals surface area contributed by atoms with Gasteiger partial charge in [-0.05, 0) is 29.0 Å². The first-order valence-electron chi connectivity index (χ1n) is 6.49. The number of benzene rings is 1. The van der Waals surface area contributed by atoms with Crippen molar-refractivity contribution in [1.82, 2.24) is 5.32 Å². The van der Waals surface area contributed by atoms with E-state index < -0.39 is 5.91 Å². The van der Waals surface area contributed by atoms with E-state index in [9.17, 15) is 9.18 Å². The Labute approximate surface area is 113 Å². The fourth-order valence-electron chi connectivity index (χ4n) is 2.78. The van der Waals surface area contributed by atoms with Crippen molar-refractivity contribution in [2.45, 2.75) is 40.3 Å². The van der Waals surface area contributed by atoms with Crippen LogP contribution in [0.5, 0.6) is 0 Å². The summed E-state index contributed by atoms with van der Waals surface area (Å²) in [5.41, 5.74) is 6.43. The Kier molecular flexibility index (Phi) is 3.17. The van der Waals surface area contributed by atoms with Gasteiger partial charge in [-0.15, -0.1) is 0 Å². The van der Waals surface area contributed by atoms with Gasteiger partial charge in [-0.3, -0.25) is 4.79 Å². The molecule has 0 radical (unpaired) electrons. The van der Waals surface area contributed by atoms with Gasteiger partial charge < -0.3 is 11.1 Å². The van der Waals surface area contributed by atoms with Crippen molar-refractivity contribution >= 4 is 5.91 Å². The molecule has 4 heteroatoms. The highest BCUT2D eigenvalue weighted by Gasteiger charge is 2.64. The molecule has 0 bridgehead atoms. The second-order valence-corrected chi connectivity index (χ2v) is 6.43. The van der Waals surface area contributed by atoms with Crippen LogP contribution in [0, 0.1) is 16.6 Å². The van der Waals surface area contributed by atoms with Crippen molar-refractivity contribution in [2.24, 2.45) is 16.6 Å². The lowest BCUT2D eigenvalue weighted by atomic mass is 10.0. The zero-order valence-corrected chi connectivity index (χ0v) is 11.9. The molecular weight excluding hydrogens is 243 g/mol. The lowest BCUT2D eigenvalue weighted by molar-refractivity contribution is 0.1000. The molecule has 1 aliphatic rings. The maximum atomic E-state index is 13.7. The zero-order chi connectivity index (χ0) is 14.4. The third-order valence-electron chi connectivity index (χ3n) is 4.85. The van der Waals surface area contributed by atoms with Gasteiger partial charge in [0.1, 0.15) is 5.82 Å². The Balaban J connectivity index is 2.09. The molecule has 1 aromatic rings. The van der Waals surface area contributed by atoms with Crippen LogP contribution in [0.25, 0.3) is 0 Å². The number of nitrogens with one attached hydrogen (secondary N) is 1. The predicted octanol–water partition coefficient (Wildman–Crippen LogP) is 2.45. The summed E-state index contributed by atoms with van der Waals surface area (Å²) < 4.78 is 13.7. The minimum Gasteiger partial charge on any atom is -0.366 e. The highest BCUT2D eigenvalue weighted by atomic mass is 19.1. The van der Waals surface area contributed by atoms with Crippen molar-refractivity contribution in [3.8, 4) is 0 Å². The number of hydrogen-bond donors (Lipinski definition) is 2. The van der Waals surface area contributed by atoms with Crippen LogP contribution in [0.4, 0.5) is 4.39 Å². The van der Waals surface area contributed by atoms with Gasteiger partial charge in [0.2, 0.25) is 5.91 Å². The van der Waals surface area contributed by atoms with Crippen LogP contribution >= 0.6 is 0 Å². The van der Waals surface area contributed by atoms with E-state index in [0.29, 0.717) is 23.7 Å². The molecule has 0 unspecified atom stereocenters. The fraction of sp³-hybridized carbons (Fsp3) is 0.533. The minimum absolute atomic E-state index is 0.199. The molecule has 1 fully saturated rings. The van der Waals surface area contributed by atoms with Gasteiger partial charge in [0.25, 0.3) is 0 Å². The second kappa shape index (κ2) is 4.30. The summed E-state index contributed by atoms with van der Waals surface area (Å²) in [6.07, 6.45) is 0. The lowest BCUT2D eigenvalue weighted by Crippen LogP contribution is -2.22. The molecule has 0 atom stereocenters. The van der Waals surface area contributed by atoms with Gasteiger partial charge >= 0.3 is 0 Å². The van der Waals surface area contributed by atoms with Crippen LogP contribution in [-0.4, -0.2) is 11.9 Å². The Bertz CT molecular complexity index is 509. The average Bonchev–Trinajstić information content (AvgIpc) is 2.68. The van der Waals surface area contributed by atoms with Gasteiger partial charge in [0, 0.05) is 23.7 Å². The molecular formula is C15H21FN2O. The SMILES string of the molecule is CC1(C)C(NCc2cc(C(N)=O)ccc2F)C1(C)C. The highest BCUT2D eigenvalue weighted by Crippen LogP contribution is 2.62. The lowest BCUT2D eigenvalue weighted by Gasteiger charge is -2.08. The first kappa shape index (κ1) is 14.0. The molecule has 19 heavy (non-hydrogen) atoms. The first-order valence-corrected chi connectivity index (χ1v) is 6.49. The zero-order valence-electron chi connectivity index (χ0n) is 11.9. The number of carbonyl (C=O) groups is 1.